The fraction of sp³-hybridized carbons (Fsp3) is 0.571. The third kappa shape index (κ3) is 3.87. The number of rotatable bonds is 5. The van der Waals surface area contributed by atoms with Crippen molar-refractivity contribution in [2.75, 3.05) is 33.2 Å². The minimum atomic E-state index is 0.153. The van der Waals surface area contributed by atoms with Gasteiger partial charge in [0.25, 0.3) is 0 Å². The highest BCUT2D eigenvalue weighted by Gasteiger charge is 2.12. The van der Waals surface area contributed by atoms with Crippen LogP contribution in [0.25, 0.3) is 0 Å². The lowest BCUT2D eigenvalue weighted by molar-refractivity contribution is 0.252. The Hall–Kier alpha value is -0.770. The van der Waals surface area contributed by atoms with E-state index in [0.717, 1.165) is 25.2 Å². The van der Waals surface area contributed by atoms with Crippen LogP contribution in [-0.4, -0.2) is 48.1 Å². The molecule has 1 N–H and O–H groups in total. The van der Waals surface area contributed by atoms with Crippen molar-refractivity contribution in [3.63, 3.8) is 0 Å². The monoisotopic (exact) mass is 268 g/mol. The first-order valence-corrected chi connectivity index (χ1v) is 6.91. The highest BCUT2D eigenvalue weighted by atomic mass is 35.5. The van der Waals surface area contributed by atoms with Crippen molar-refractivity contribution in [2.24, 2.45) is 0 Å². The molecule has 1 aliphatic rings. The first-order valence-electron chi connectivity index (χ1n) is 6.53. The number of hydrogen-bond acceptors (Lipinski definition) is 3. The Morgan fingerprint density at radius 1 is 1.33 bits per heavy atom. The van der Waals surface area contributed by atoms with Gasteiger partial charge in [0.1, 0.15) is 5.75 Å². The number of aromatic hydroxyl groups is 1. The van der Waals surface area contributed by atoms with Crippen LogP contribution in [0.4, 0.5) is 0 Å². The first kappa shape index (κ1) is 13.7. The Kier molecular flexibility index (Phi) is 4.87. The summed E-state index contributed by atoms with van der Waals surface area (Å²) >= 11 is 5.90. The normalized spacial score (nSPS) is 16.6. The average Bonchev–Trinajstić information content (AvgIpc) is 2.84. The molecular weight excluding hydrogens is 248 g/mol. The molecular formula is C14H21ClN2O. The zero-order chi connectivity index (χ0) is 13.0. The lowest BCUT2D eigenvalue weighted by Crippen LogP contribution is -2.31. The van der Waals surface area contributed by atoms with E-state index >= 15 is 0 Å². The lowest BCUT2D eigenvalue weighted by Gasteiger charge is -2.21. The molecule has 4 heteroatoms. The van der Waals surface area contributed by atoms with Gasteiger partial charge in [-0.05, 0) is 50.7 Å². The van der Waals surface area contributed by atoms with Crippen LogP contribution in [-0.2, 0) is 6.54 Å². The Balaban J connectivity index is 1.78. The van der Waals surface area contributed by atoms with Crippen LogP contribution in [0.5, 0.6) is 5.75 Å². The topological polar surface area (TPSA) is 26.7 Å². The van der Waals surface area contributed by atoms with Crippen LogP contribution < -0.4 is 0 Å². The number of phenolic OH excluding ortho intramolecular Hbond substituents is 1. The Bertz CT molecular complexity index is 391. The van der Waals surface area contributed by atoms with E-state index in [1.807, 2.05) is 12.1 Å². The fourth-order valence-corrected chi connectivity index (χ4v) is 2.56. The van der Waals surface area contributed by atoms with Gasteiger partial charge in [-0.3, -0.25) is 0 Å². The average molecular weight is 269 g/mol. The van der Waals surface area contributed by atoms with Gasteiger partial charge in [-0.2, -0.15) is 0 Å². The number of hydrogen-bond donors (Lipinski definition) is 1. The van der Waals surface area contributed by atoms with Gasteiger partial charge in [-0.1, -0.05) is 17.7 Å². The van der Waals surface area contributed by atoms with Gasteiger partial charge in [0.2, 0.25) is 0 Å². The summed E-state index contributed by atoms with van der Waals surface area (Å²) in [6.07, 6.45) is 2.69. The molecule has 1 saturated heterocycles. The molecule has 0 amide bonds. The molecule has 18 heavy (non-hydrogen) atoms. The van der Waals surface area contributed by atoms with Crippen LogP contribution in [0, 0.1) is 0 Å². The van der Waals surface area contributed by atoms with E-state index in [1.54, 1.807) is 6.07 Å². The minimum Gasteiger partial charge on any atom is -0.506 e. The van der Waals surface area contributed by atoms with Gasteiger partial charge in [-0.15, -0.1) is 0 Å². The van der Waals surface area contributed by atoms with Gasteiger partial charge in [0.05, 0.1) is 5.02 Å². The molecule has 1 aliphatic heterocycles. The van der Waals surface area contributed by atoms with Crippen molar-refractivity contribution in [1.82, 2.24) is 9.80 Å². The molecule has 0 atom stereocenters. The van der Waals surface area contributed by atoms with Gasteiger partial charge in [-0.25, -0.2) is 0 Å². The summed E-state index contributed by atoms with van der Waals surface area (Å²) in [5.41, 5.74) is 1.14. The third-order valence-corrected chi connectivity index (χ3v) is 3.76. The smallest absolute Gasteiger partial charge is 0.134 e. The zero-order valence-corrected chi connectivity index (χ0v) is 11.7. The summed E-state index contributed by atoms with van der Waals surface area (Å²) in [6, 6.07) is 5.42. The number of likely N-dealkylation sites (N-methyl/N-ethyl adjacent to an activating group) is 1. The zero-order valence-electron chi connectivity index (χ0n) is 10.9. The summed E-state index contributed by atoms with van der Waals surface area (Å²) in [5, 5.41) is 9.80. The maximum absolute atomic E-state index is 9.37. The van der Waals surface area contributed by atoms with Crippen molar-refractivity contribution in [3.8, 4) is 5.75 Å². The fourth-order valence-electron chi connectivity index (χ4n) is 2.36. The van der Waals surface area contributed by atoms with E-state index < -0.39 is 0 Å². The SMILES string of the molecule is CN(CCN1CCCC1)Cc1ccc(O)c(Cl)c1. The predicted octanol–water partition coefficient (Wildman–Crippen LogP) is 2.57. The second-order valence-electron chi connectivity index (χ2n) is 5.07. The molecule has 1 aromatic carbocycles. The second-order valence-corrected chi connectivity index (χ2v) is 5.48. The van der Waals surface area contributed by atoms with E-state index in [-0.39, 0.29) is 5.75 Å². The minimum absolute atomic E-state index is 0.153. The molecule has 100 valence electrons. The lowest BCUT2D eigenvalue weighted by atomic mass is 10.2. The van der Waals surface area contributed by atoms with E-state index in [9.17, 15) is 5.11 Å². The van der Waals surface area contributed by atoms with Crippen molar-refractivity contribution < 1.29 is 5.11 Å². The predicted molar refractivity (Wildman–Crippen MR) is 75.1 cm³/mol. The van der Waals surface area contributed by atoms with Crippen molar-refractivity contribution in [3.05, 3.63) is 28.8 Å². The van der Waals surface area contributed by atoms with E-state index in [0.29, 0.717) is 5.02 Å². The maximum atomic E-state index is 9.37. The molecule has 0 radical (unpaired) electrons. The summed E-state index contributed by atoms with van der Waals surface area (Å²) < 4.78 is 0. The highest BCUT2D eigenvalue weighted by molar-refractivity contribution is 6.32. The van der Waals surface area contributed by atoms with Crippen molar-refractivity contribution >= 4 is 11.6 Å². The molecule has 1 heterocycles. The van der Waals surface area contributed by atoms with E-state index in [1.165, 1.54) is 25.9 Å². The number of likely N-dealkylation sites (tertiary alicyclic amines) is 1. The first-order chi connectivity index (χ1) is 8.65. The quantitative estimate of drug-likeness (QED) is 0.889. The van der Waals surface area contributed by atoms with Crippen LogP contribution in [0.2, 0.25) is 5.02 Å². The summed E-state index contributed by atoms with van der Waals surface area (Å²) in [4.78, 5) is 4.81. The molecule has 1 aromatic rings. The molecule has 0 saturated carbocycles. The summed E-state index contributed by atoms with van der Waals surface area (Å²) in [6.45, 7) is 5.58. The number of phenols is 1. The number of nitrogens with zero attached hydrogens (tertiary/aromatic N) is 2. The Labute approximate surface area is 114 Å². The molecule has 3 nitrogen and oxygen atoms in total. The van der Waals surface area contributed by atoms with Crippen LogP contribution in [0.1, 0.15) is 18.4 Å². The Morgan fingerprint density at radius 2 is 2.06 bits per heavy atom. The molecule has 0 bridgehead atoms. The number of benzene rings is 1. The summed E-state index contributed by atoms with van der Waals surface area (Å²) in [5.74, 6) is 0.153. The highest BCUT2D eigenvalue weighted by Crippen LogP contribution is 2.24. The largest absolute Gasteiger partial charge is 0.506 e. The van der Waals surface area contributed by atoms with Gasteiger partial charge >= 0.3 is 0 Å². The number of halogens is 1. The third-order valence-electron chi connectivity index (χ3n) is 3.46. The van der Waals surface area contributed by atoms with Gasteiger partial charge < -0.3 is 14.9 Å². The van der Waals surface area contributed by atoms with E-state index in [2.05, 4.69) is 16.8 Å². The van der Waals surface area contributed by atoms with Crippen molar-refractivity contribution in [2.45, 2.75) is 19.4 Å². The van der Waals surface area contributed by atoms with Crippen LogP contribution >= 0.6 is 11.6 Å². The molecule has 1 fully saturated rings. The Morgan fingerprint density at radius 3 is 2.72 bits per heavy atom. The summed E-state index contributed by atoms with van der Waals surface area (Å²) in [7, 11) is 2.12. The molecule has 0 aliphatic carbocycles. The van der Waals surface area contributed by atoms with Gasteiger partial charge in [0.15, 0.2) is 0 Å². The van der Waals surface area contributed by atoms with Crippen LogP contribution in [0.3, 0.4) is 0 Å². The second kappa shape index (κ2) is 6.41. The van der Waals surface area contributed by atoms with Crippen LogP contribution in [0.15, 0.2) is 18.2 Å². The molecule has 0 spiro atoms. The van der Waals surface area contributed by atoms with E-state index in [4.69, 9.17) is 11.6 Å². The molecule has 0 unspecified atom stereocenters. The molecule has 0 aromatic heterocycles. The molecule has 2 rings (SSSR count). The van der Waals surface area contributed by atoms with Gasteiger partial charge in [0, 0.05) is 19.6 Å². The maximum Gasteiger partial charge on any atom is 0.134 e. The standard InChI is InChI=1S/C14H21ClN2O/c1-16(8-9-17-6-2-3-7-17)11-12-4-5-14(18)13(15)10-12/h4-5,10,18H,2-3,6-9,11H2,1H3. The van der Waals surface area contributed by atoms with Crippen molar-refractivity contribution in [1.29, 1.82) is 0 Å².